The summed E-state index contributed by atoms with van der Waals surface area (Å²) in [4.78, 5) is 0. The maximum Gasteiger partial charge on any atom is 0.0722 e. The Bertz CT molecular complexity index is 523. The molecule has 0 aliphatic carbocycles. The van der Waals surface area contributed by atoms with E-state index in [4.69, 9.17) is 10.5 Å². The highest BCUT2D eigenvalue weighted by Gasteiger charge is 1.99. The van der Waals surface area contributed by atoms with Crippen molar-refractivity contribution in [2.75, 3.05) is 5.73 Å². The molecule has 0 fully saturated rings. The topological polar surface area (TPSA) is 35.2 Å². The van der Waals surface area contributed by atoms with E-state index in [-0.39, 0.29) is 0 Å². The van der Waals surface area contributed by atoms with E-state index in [1.165, 1.54) is 0 Å². The fourth-order valence-corrected chi connectivity index (χ4v) is 2.68. The predicted molar refractivity (Wildman–Crippen MR) is 81.2 cm³/mol. The molecule has 0 bridgehead atoms. The van der Waals surface area contributed by atoms with Gasteiger partial charge in [-0.1, -0.05) is 44.0 Å². The summed E-state index contributed by atoms with van der Waals surface area (Å²) in [5.41, 5.74) is 8.72. The number of rotatable bonds is 4. The molecule has 0 radical (unpaired) electrons. The van der Waals surface area contributed by atoms with Crippen LogP contribution in [0.25, 0.3) is 0 Å². The summed E-state index contributed by atoms with van der Waals surface area (Å²) in [6.07, 6.45) is 0. The highest BCUT2D eigenvalue weighted by atomic mass is 79.9. The molecule has 0 aromatic heterocycles. The molecule has 94 valence electrons. The van der Waals surface area contributed by atoms with Crippen LogP contribution in [0.1, 0.15) is 11.1 Å². The standard InChI is InChI=1S/C14H13Br2NO/c15-12-3-1-2-10(4-12)8-18-9-11-5-13(16)7-14(17)6-11/h1-7H,8-9,17H2. The molecular formula is C14H13Br2NO. The van der Waals surface area contributed by atoms with Crippen LogP contribution in [-0.2, 0) is 18.0 Å². The molecule has 4 heteroatoms. The second-order valence-electron chi connectivity index (χ2n) is 4.02. The minimum atomic E-state index is 0.552. The fraction of sp³-hybridized carbons (Fsp3) is 0.143. The number of benzene rings is 2. The van der Waals surface area contributed by atoms with Crippen molar-refractivity contribution in [3.05, 3.63) is 62.5 Å². The Morgan fingerprint density at radius 1 is 0.889 bits per heavy atom. The number of ether oxygens (including phenoxy) is 1. The lowest BCUT2D eigenvalue weighted by Gasteiger charge is -2.06. The van der Waals surface area contributed by atoms with Gasteiger partial charge in [0.05, 0.1) is 13.2 Å². The average molecular weight is 371 g/mol. The number of nitrogen functional groups attached to an aromatic ring is 1. The first-order chi connectivity index (χ1) is 8.63. The number of hydrogen-bond acceptors (Lipinski definition) is 2. The first-order valence-corrected chi connectivity index (χ1v) is 7.09. The van der Waals surface area contributed by atoms with E-state index in [1.807, 2.05) is 36.4 Å². The Morgan fingerprint density at radius 2 is 1.61 bits per heavy atom. The summed E-state index contributed by atoms with van der Waals surface area (Å²) in [6.45, 7) is 1.14. The Labute approximate surface area is 123 Å². The second kappa shape index (κ2) is 6.36. The van der Waals surface area contributed by atoms with Crippen molar-refractivity contribution in [1.29, 1.82) is 0 Å². The van der Waals surface area contributed by atoms with Gasteiger partial charge in [-0.2, -0.15) is 0 Å². The summed E-state index contributed by atoms with van der Waals surface area (Å²) in [5, 5.41) is 0. The predicted octanol–water partition coefficient (Wildman–Crippen LogP) is 4.51. The molecule has 0 unspecified atom stereocenters. The molecule has 2 aromatic carbocycles. The molecule has 0 saturated carbocycles. The van der Waals surface area contributed by atoms with E-state index in [2.05, 4.69) is 37.9 Å². The largest absolute Gasteiger partial charge is 0.399 e. The average Bonchev–Trinajstić information content (AvgIpc) is 2.27. The molecule has 2 nitrogen and oxygen atoms in total. The van der Waals surface area contributed by atoms with Crippen LogP contribution in [0.4, 0.5) is 5.69 Å². The van der Waals surface area contributed by atoms with Gasteiger partial charge in [0.15, 0.2) is 0 Å². The van der Waals surface area contributed by atoms with Crippen LogP contribution < -0.4 is 5.73 Å². The number of halogens is 2. The smallest absolute Gasteiger partial charge is 0.0722 e. The summed E-state index contributed by atoms with van der Waals surface area (Å²) < 4.78 is 7.71. The van der Waals surface area contributed by atoms with Crippen LogP contribution in [-0.4, -0.2) is 0 Å². The zero-order valence-corrected chi connectivity index (χ0v) is 12.9. The van der Waals surface area contributed by atoms with Gasteiger partial charge in [0, 0.05) is 14.6 Å². The van der Waals surface area contributed by atoms with Crippen LogP contribution in [0.3, 0.4) is 0 Å². The number of nitrogens with two attached hydrogens (primary N) is 1. The zero-order chi connectivity index (χ0) is 13.0. The molecule has 0 aliphatic heterocycles. The first-order valence-electron chi connectivity index (χ1n) is 5.50. The molecule has 0 spiro atoms. The molecule has 0 saturated heterocycles. The van der Waals surface area contributed by atoms with Crippen molar-refractivity contribution >= 4 is 37.5 Å². The van der Waals surface area contributed by atoms with Crippen LogP contribution in [0.2, 0.25) is 0 Å². The first kappa shape index (κ1) is 13.6. The van der Waals surface area contributed by atoms with Crippen LogP contribution in [0.5, 0.6) is 0 Å². The minimum Gasteiger partial charge on any atom is -0.399 e. The molecule has 2 rings (SSSR count). The third-order valence-corrected chi connectivity index (χ3v) is 3.36. The molecule has 0 amide bonds. The lowest BCUT2D eigenvalue weighted by Crippen LogP contribution is -1.95. The number of anilines is 1. The third kappa shape index (κ3) is 4.12. The van der Waals surface area contributed by atoms with E-state index < -0.39 is 0 Å². The minimum absolute atomic E-state index is 0.552. The second-order valence-corrected chi connectivity index (χ2v) is 5.85. The van der Waals surface area contributed by atoms with E-state index in [0.29, 0.717) is 13.2 Å². The van der Waals surface area contributed by atoms with Gasteiger partial charge in [-0.25, -0.2) is 0 Å². The molecule has 2 N–H and O–H groups in total. The highest BCUT2D eigenvalue weighted by molar-refractivity contribution is 9.10. The summed E-state index contributed by atoms with van der Waals surface area (Å²) >= 11 is 6.86. The van der Waals surface area contributed by atoms with Crippen molar-refractivity contribution in [1.82, 2.24) is 0 Å². The fourth-order valence-electron chi connectivity index (χ4n) is 1.67. The Morgan fingerprint density at radius 3 is 2.33 bits per heavy atom. The molecule has 0 aliphatic rings. The molecule has 0 atom stereocenters. The van der Waals surface area contributed by atoms with Crippen LogP contribution >= 0.6 is 31.9 Å². The van der Waals surface area contributed by atoms with Crippen LogP contribution in [0.15, 0.2) is 51.4 Å². The molecular weight excluding hydrogens is 358 g/mol. The highest BCUT2D eigenvalue weighted by Crippen LogP contribution is 2.18. The maximum atomic E-state index is 5.77. The van der Waals surface area contributed by atoms with E-state index in [9.17, 15) is 0 Å². The molecule has 2 aromatic rings. The van der Waals surface area contributed by atoms with Gasteiger partial charge in [-0.05, 0) is 41.5 Å². The Hall–Kier alpha value is -0.840. The molecule has 18 heavy (non-hydrogen) atoms. The van der Waals surface area contributed by atoms with Crippen molar-refractivity contribution in [2.24, 2.45) is 0 Å². The van der Waals surface area contributed by atoms with Crippen molar-refractivity contribution < 1.29 is 4.74 Å². The van der Waals surface area contributed by atoms with Gasteiger partial charge in [0.1, 0.15) is 0 Å². The van der Waals surface area contributed by atoms with Crippen molar-refractivity contribution in [3.63, 3.8) is 0 Å². The quantitative estimate of drug-likeness (QED) is 0.803. The normalized spacial score (nSPS) is 10.6. The zero-order valence-electron chi connectivity index (χ0n) is 9.70. The lowest BCUT2D eigenvalue weighted by molar-refractivity contribution is 0.107. The van der Waals surface area contributed by atoms with E-state index in [0.717, 1.165) is 25.8 Å². The molecule has 0 heterocycles. The maximum absolute atomic E-state index is 5.77. The van der Waals surface area contributed by atoms with Gasteiger partial charge in [0.2, 0.25) is 0 Å². The summed E-state index contributed by atoms with van der Waals surface area (Å²) in [5.74, 6) is 0. The van der Waals surface area contributed by atoms with Gasteiger partial charge >= 0.3 is 0 Å². The summed E-state index contributed by atoms with van der Waals surface area (Å²) in [7, 11) is 0. The SMILES string of the molecule is Nc1cc(Br)cc(COCc2cccc(Br)c2)c1. The monoisotopic (exact) mass is 369 g/mol. The number of hydrogen-bond donors (Lipinski definition) is 1. The van der Waals surface area contributed by atoms with Gasteiger partial charge < -0.3 is 10.5 Å². The Balaban J connectivity index is 1.92. The lowest BCUT2D eigenvalue weighted by atomic mass is 10.2. The van der Waals surface area contributed by atoms with Gasteiger partial charge in [-0.15, -0.1) is 0 Å². The van der Waals surface area contributed by atoms with Gasteiger partial charge in [0.25, 0.3) is 0 Å². The van der Waals surface area contributed by atoms with Crippen molar-refractivity contribution in [2.45, 2.75) is 13.2 Å². The van der Waals surface area contributed by atoms with Gasteiger partial charge in [-0.3, -0.25) is 0 Å². The van der Waals surface area contributed by atoms with Crippen molar-refractivity contribution in [3.8, 4) is 0 Å². The Kier molecular flexibility index (Phi) is 4.80. The van der Waals surface area contributed by atoms with Crippen LogP contribution in [0, 0.1) is 0 Å². The summed E-state index contributed by atoms with van der Waals surface area (Å²) in [6, 6.07) is 13.9. The van der Waals surface area contributed by atoms with E-state index >= 15 is 0 Å². The third-order valence-electron chi connectivity index (χ3n) is 2.41. The van der Waals surface area contributed by atoms with E-state index in [1.54, 1.807) is 0 Å².